The second kappa shape index (κ2) is 9.67. The number of amides is 1. The molecule has 12 heteroatoms. The van der Waals surface area contributed by atoms with Gasteiger partial charge in [-0.15, -0.1) is 11.8 Å². The number of aryl methyl sites for hydroxylation is 1. The van der Waals surface area contributed by atoms with Crippen molar-refractivity contribution in [2.75, 3.05) is 46.2 Å². The zero-order chi connectivity index (χ0) is 21.7. The number of rotatable bonds is 8. The van der Waals surface area contributed by atoms with Crippen LogP contribution in [-0.4, -0.2) is 79.8 Å². The lowest BCUT2D eigenvalue weighted by atomic mass is 10.3. The molecule has 0 unspecified atom stereocenters. The molecule has 164 valence electrons. The number of benzene rings is 1. The molecule has 0 radical (unpaired) electrons. The van der Waals surface area contributed by atoms with Gasteiger partial charge in [0.15, 0.2) is 17.3 Å². The molecule has 0 atom stereocenters. The second-order valence-electron chi connectivity index (χ2n) is 6.52. The zero-order valence-corrected chi connectivity index (χ0v) is 18.7. The van der Waals surface area contributed by atoms with E-state index in [0.717, 1.165) is 0 Å². The number of nitrogens with zero attached hydrogens (tertiary/aromatic N) is 4. The van der Waals surface area contributed by atoms with Crippen LogP contribution in [0.2, 0.25) is 0 Å². The van der Waals surface area contributed by atoms with Gasteiger partial charge in [0.25, 0.3) is 0 Å². The van der Waals surface area contributed by atoms with Crippen molar-refractivity contribution in [1.29, 1.82) is 0 Å². The molecule has 1 amide bonds. The Morgan fingerprint density at radius 3 is 2.47 bits per heavy atom. The minimum absolute atomic E-state index is 0.0385. The standard InChI is InChI=1S/C18H24N4O6S2/c1-13-19-17(20-28-13)11-29-12-18(23)21-6-8-22(9-7-21)30(24,25)14-4-5-15(26-2)16(10-14)27-3/h4-5,10H,6-9,11-12H2,1-3H3. The van der Waals surface area contributed by atoms with E-state index in [9.17, 15) is 13.2 Å². The third-order valence-electron chi connectivity index (χ3n) is 4.61. The maximum Gasteiger partial charge on any atom is 0.243 e. The predicted octanol–water partition coefficient (Wildman–Crippen LogP) is 1.16. The van der Waals surface area contributed by atoms with Gasteiger partial charge >= 0.3 is 0 Å². The fraction of sp³-hybridized carbons (Fsp3) is 0.500. The molecule has 10 nitrogen and oxygen atoms in total. The first-order chi connectivity index (χ1) is 14.3. The van der Waals surface area contributed by atoms with Crippen molar-refractivity contribution in [3.05, 3.63) is 29.9 Å². The first-order valence-electron chi connectivity index (χ1n) is 9.22. The molecule has 3 rings (SSSR count). The van der Waals surface area contributed by atoms with E-state index in [0.29, 0.717) is 42.1 Å². The Labute approximate surface area is 179 Å². The third-order valence-corrected chi connectivity index (χ3v) is 7.42. The number of hydrogen-bond acceptors (Lipinski definition) is 9. The molecule has 0 bridgehead atoms. The maximum atomic E-state index is 13.0. The lowest BCUT2D eigenvalue weighted by Gasteiger charge is -2.34. The molecular weight excluding hydrogens is 432 g/mol. The normalized spacial score (nSPS) is 15.2. The quantitative estimate of drug-likeness (QED) is 0.577. The molecule has 0 N–H and O–H groups in total. The Morgan fingerprint density at radius 2 is 1.87 bits per heavy atom. The van der Waals surface area contributed by atoms with Crippen LogP contribution in [0.5, 0.6) is 11.5 Å². The number of hydrogen-bond donors (Lipinski definition) is 0. The first-order valence-corrected chi connectivity index (χ1v) is 11.8. The van der Waals surface area contributed by atoms with Gasteiger partial charge in [0.1, 0.15) is 0 Å². The summed E-state index contributed by atoms with van der Waals surface area (Å²) in [6.07, 6.45) is 0. The smallest absolute Gasteiger partial charge is 0.243 e. The van der Waals surface area contributed by atoms with Crippen LogP contribution in [0.15, 0.2) is 27.6 Å². The average molecular weight is 457 g/mol. The van der Waals surface area contributed by atoms with E-state index in [-0.39, 0.29) is 29.6 Å². The molecule has 1 aromatic heterocycles. The largest absolute Gasteiger partial charge is 0.493 e. The minimum atomic E-state index is -3.69. The first kappa shape index (κ1) is 22.4. The van der Waals surface area contributed by atoms with Gasteiger partial charge in [-0.2, -0.15) is 9.29 Å². The van der Waals surface area contributed by atoms with E-state index in [1.807, 2.05) is 0 Å². The lowest BCUT2D eigenvalue weighted by Crippen LogP contribution is -2.50. The second-order valence-corrected chi connectivity index (χ2v) is 9.45. The molecule has 1 fully saturated rings. The van der Waals surface area contributed by atoms with Gasteiger partial charge in [-0.1, -0.05) is 5.16 Å². The fourth-order valence-corrected chi connectivity index (χ4v) is 5.22. The van der Waals surface area contributed by atoms with Gasteiger partial charge < -0.3 is 18.9 Å². The van der Waals surface area contributed by atoms with E-state index in [1.54, 1.807) is 17.9 Å². The number of ether oxygens (including phenoxy) is 2. The Hall–Kier alpha value is -2.31. The van der Waals surface area contributed by atoms with Crippen molar-refractivity contribution in [2.24, 2.45) is 0 Å². The maximum absolute atomic E-state index is 13.0. The van der Waals surface area contributed by atoms with Crippen LogP contribution in [0.3, 0.4) is 0 Å². The van der Waals surface area contributed by atoms with Crippen LogP contribution < -0.4 is 9.47 Å². The number of aromatic nitrogens is 2. The van der Waals surface area contributed by atoms with Gasteiger partial charge in [0, 0.05) is 39.2 Å². The van der Waals surface area contributed by atoms with Crippen molar-refractivity contribution in [3.63, 3.8) is 0 Å². The highest BCUT2D eigenvalue weighted by Crippen LogP contribution is 2.30. The molecule has 30 heavy (non-hydrogen) atoms. The molecule has 2 aromatic rings. The van der Waals surface area contributed by atoms with Crippen LogP contribution >= 0.6 is 11.8 Å². The van der Waals surface area contributed by atoms with E-state index in [1.165, 1.54) is 42.4 Å². The number of carbonyl (C=O) groups excluding carboxylic acids is 1. The lowest BCUT2D eigenvalue weighted by molar-refractivity contribution is -0.129. The van der Waals surface area contributed by atoms with Crippen molar-refractivity contribution in [1.82, 2.24) is 19.3 Å². The van der Waals surface area contributed by atoms with Crippen molar-refractivity contribution in [2.45, 2.75) is 17.6 Å². The highest BCUT2D eigenvalue weighted by molar-refractivity contribution is 7.99. The summed E-state index contributed by atoms with van der Waals surface area (Å²) in [5, 5.41) is 3.79. The highest BCUT2D eigenvalue weighted by atomic mass is 32.2. The van der Waals surface area contributed by atoms with Gasteiger partial charge in [-0.3, -0.25) is 4.79 Å². The Morgan fingerprint density at radius 1 is 1.17 bits per heavy atom. The van der Waals surface area contributed by atoms with Crippen LogP contribution in [0.1, 0.15) is 11.7 Å². The van der Waals surface area contributed by atoms with Crippen LogP contribution in [-0.2, 0) is 20.6 Å². The van der Waals surface area contributed by atoms with Gasteiger partial charge in [0.05, 0.1) is 30.6 Å². The van der Waals surface area contributed by atoms with Crippen LogP contribution in [0, 0.1) is 6.92 Å². The monoisotopic (exact) mass is 456 g/mol. The van der Waals surface area contributed by atoms with E-state index in [2.05, 4.69) is 10.1 Å². The molecule has 2 heterocycles. The van der Waals surface area contributed by atoms with Crippen molar-refractivity contribution >= 4 is 27.7 Å². The Kier molecular flexibility index (Phi) is 7.21. The number of carbonyl (C=O) groups is 1. The van der Waals surface area contributed by atoms with Crippen molar-refractivity contribution < 1.29 is 27.2 Å². The number of sulfonamides is 1. The summed E-state index contributed by atoms with van der Waals surface area (Å²) in [7, 11) is -0.747. The van der Waals surface area contributed by atoms with E-state index < -0.39 is 10.0 Å². The summed E-state index contributed by atoms with van der Waals surface area (Å²) in [6.45, 7) is 2.86. The topological polar surface area (TPSA) is 115 Å². The van der Waals surface area contributed by atoms with E-state index in [4.69, 9.17) is 14.0 Å². The molecular formula is C18H24N4O6S2. The fourth-order valence-electron chi connectivity index (χ4n) is 3.02. The molecule has 0 saturated carbocycles. The third kappa shape index (κ3) is 5.05. The predicted molar refractivity (Wildman–Crippen MR) is 110 cm³/mol. The molecule has 0 aliphatic carbocycles. The summed E-state index contributed by atoms with van der Waals surface area (Å²) >= 11 is 1.40. The zero-order valence-electron chi connectivity index (χ0n) is 17.0. The summed E-state index contributed by atoms with van der Waals surface area (Å²) < 4.78 is 42.6. The van der Waals surface area contributed by atoms with Crippen LogP contribution in [0.4, 0.5) is 0 Å². The van der Waals surface area contributed by atoms with Crippen molar-refractivity contribution in [3.8, 4) is 11.5 Å². The van der Waals surface area contributed by atoms with Gasteiger partial charge in [0.2, 0.25) is 21.8 Å². The number of piperazine rings is 1. The van der Waals surface area contributed by atoms with Gasteiger partial charge in [-0.05, 0) is 12.1 Å². The number of methoxy groups -OCH3 is 2. The number of thioether (sulfide) groups is 1. The SMILES string of the molecule is COc1ccc(S(=O)(=O)N2CCN(C(=O)CSCc3noc(C)n3)CC2)cc1OC. The summed E-state index contributed by atoms with van der Waals surface area (Å²) in [4.78, 5) is 18.3. The summed E-state index contributed by atoms with van der Waals surface area (Å²) in [6, 6.07) is 4.50. The Bertz CT molecular complexity index is 986. The molecule has 0 spiro atoms. The Balaban J connectivity index is 1.54. The van der Waals surface area contributed by atoms with E-state index >= 15 is 0 Å². The average Bonchev–Trinajstić information content (AvgIpc) is 3.18. The molecule has 1 aliphatic heterocycles. The molecule has 1 aliphatic rings. The molecule has 1 aromatic carbocycles. The summed E-state index contributed by atoms with van der Waals surface area (Å²) in [5.74, 6) is 2.57. The van der Waals surface area contributed by atoms with Gasteiger partial charge in [-0.25, -0.2) is 8.42 Å². The van der Waals surface area contributed by atoms with Crippen LogP contribution in [0.25, 0.3) is 0 Å². The highest BCUT2D eigenvalue weighted by Gasteiger charge is 2.30. The molecule has 1 saturated heterocycles. The summed E-state index contributed by atoms with van der Waals surface area (Å²) in [5.41, 5.74) is 0. The minimum Gasteiger partial charge on any atom is -0.493 e.